The summed E-state index contributed by atoms with van der Waals surface area (Å²) >= 11 is 0. The third-order valence-corrected chi connectivity index (χ3v) is 3.26. The number of hydrogen-bond donors (Lipinski definition) is 1. The summed E-state index contributed by atoms with van der Waals surface area (Å²) in [5.41, 5.74) is 1.38. The summed E-state index contributed by atoms with van der Waals surface area (Å²) in [6.07, 6.45) is 0. The predicted octanol–water partition coefficient (Wildman–Crippen LogP) is 2.71. The summed E-state index contributed by atoms with van der Waals surface area (Å²) in [4.78, 5) is 33.7. The lowest BCUT2D eigenvalue weighted by Gasteiger charge is -2.09. The standard InChI is InChI=1S/C17H16N2O6/c1-11-3-8-14(19(22)23)15(9-11)25-10-16(20)18-13-6-4-12(5-7-13)17(21)24-2/h3-9H,10H2,1-2H3,(H,18,20). The zero-order valence-corrected chi connectivity index (χ0v) is 13.6. The SMILES string of the molecule is COC(=O)c1ccc(NC(=O)COc2cc(C)ccc2[N+](=O)[O-])cc1. The largest absolute Gasteiger partial charge is 0.477 e. The Kier molecular flexibility index (Phi) is 5.67. The molecule has 0 aromatic heterocycles. The molecule has 0 saturated heterocycles. The Labute approximate surface area is 143 Å². The molecule has 0 bridgehead atoms. The Morgan fingerprint density at radius 1 is 1.16 bits per heavy atom. The topological polar surface area (TPSA) is 108 Å². The first kappa shape index (κ1) is 17.9. The zero-order chi connectivity index (χ0) is 18.4. The summed E-state index contributed by atoms with van der Waals surface area (Å²) < 4.78 is 9.85. The fraction of sp³-hybridized carbons (Fsp3) is 0.176. The van der Waals surface area contributed by atoms with Gasteiger partial charge in [0.2, 0.25) is 0 Å². The van der Waals surface area contributed by atoms with Gasteiger partial charge in [-0.15, -0.1) is 0 Å². The van der Waals surface area contributed by atoms with Crippen LogP contribution in [0.1, 0.15) is 15.9 Å². The summed E-state index contributed by atoms with van der Waals surface area (Å²) in [6.45, 7) is 1.38. The van der Waals surface area contributed by atoms with E-state index in [1.807, 2.05) is 0 Å². The van der Waals surface area contributed by atoms with Crippen molar-refractivity contribution in [2.24, 2.45) is 0 Å². The first-order valence-electron chi connectivity index (χ1n) is 7.27. The Balaban J connectivity index is 1.98. The average Bonchev–Trinajstić information content (AvgIpc) is 2.59. The second kappa shape index (κ2) is 7.91. The Hall–Kier alpha value is -3.42. The van der Waals surface area contributed by atoms with Crippen LogP contribution < -0.4 is 10.1 Å². The van der Waals surface area contributed by atoms with Crippen molar-refractivity contribution in [2.75, 3.05) is 19.0 Å². The van der Waals surface area contributed by atoms with Gasteiger partial charge >= 0.3 is 11.7 Å². The number of esters is 1. The van der Waals surface area contributed by atoms with Crippen LogP contribution in [0.25, 0.3) is 0 Å². The number of anilines is 1. The number of nitro benzene ring substituents is 1. The molecule has 1 amide bonds. The maximum atomic E-state index is 11.9. The van der Waals surface area contributed by atoms with Gasteiger partial charge in [0.1, 0.15) is 0 Å². The summed E-state index contributed by atoms with van der Waals surface area (Å²) in [7, 11) is 1.28. The second-order valence-electron chi connectivity index (χ2n) is 5.13. The van der Waals surface area contributed by atoms with Crippen LogP contribution in [0.4, 0.5) is 11.4 Å². The van der Waals surface area contributed by atoms with E-state index in [1.54, 1.807) is 25.1 Å². The number of nitro groups is 1. The van der Waals surface area contributed by atoms with E-state index in [-0.39, 0.29) is 18.0 Å². The summed E-state index contributed by atoms with van der Waals surface area (Å²) in [6, 6.07) is 10.5. The molecule has 0 aliphatic heterocycles. The Bertz CT molecular complexity index is 801. The van der Waals surface area contributed by atoms with Crippen molar-refractivity contribution >= 4 is 23.3 Å². The molecule has 130 valence electrons. The van der Waals surface area contributed by atoms with E-state index >= 15 is 0 Å². The normalized spacial score (nSPS) is 10.0. The number of methoxy groups -OCH3 is 1. The van der Waals surface area contributed by atoms with Crippen LogP contribution in [-0.2, 0) is 9.53 Å². The smallest absolute Gasteiger partial charge is 0.337 e. The van der Waals surface area contributed by atoms with E-state index in [2.05, 4.69) is 10.1 Å². The van der Waals surface area contributed by atoms with Crippen molar-refractivity contribution in [3.8, 4) is 5.75 Å². The quantitative estimate of drug-likeness (QED) is 0.490. The summed E-state index contributed by atoms with van der Waals surface area (Å²) in [5, 5.41) is 13.5. The molecule has 0 heterocycles. The summed E-state index contributed by atoms with van der Waals surface area (Å²) in [5.74, 6) is -0.934. The lowest BCUT2D eigenvalue weighted by atomic mass is 10.2. The molecule has 0 radical (unpaired) electrons. The molecule has 2 aromatic rings. The molecular formula is C17H16N2O6. The molecule has 2 rings (SSSR count). The third kappa shape index (κ3) is 4.77. The number of amides is 1. The van der Waals surface area contributed by atoms with Crippen molar-refractivity contribution in [1.29, 1.82) is 0 Å². The van der Waals surface area contributed by atoms with Gasteiger partial charge in [-0.05, 0) is 42.8 Å². The second-order valence-corrected chi connectivity index (χ2v) is 5.13. The molecule has 0 spiro atoms. The molecule has 25 heavy (non-hydrogen) atoms. The molecule has 0 aliphatic rings. The minimum absolute atomic E-state index is 0.0289. The molecule has 1 N–H and O–H groups in total. The molecule has 0 unspecified atom stereocenters. The highest BCUT2D eigenvalue weighted by Crippen LogP contribution is 2.27. The van der Waals surface area contributed by atoms with Gasteiger partial charge < -0.3 is 14.8 Å². The van der Waals surface area contributed by atoms with Gasteiger partial charge in [0, 0.05) is 11.8 Å². The molecular weight excluding hydrogens is 328 g/mol. The molecule has 0 aliphatic carbocycles. The van der Waals surface area contributed by atoms with E-state index in [0.717, 1.165) is 5.56 Å². The minimum atomic E-state index is -0.571. The third-order valence-electron chi connectivity index (χ3n) is 3.26. The van der Waals surface area contributed by atoms with E-state index in [4.69, 9.17) is 4.74 Å². The lowest BCUT2D eigenvalue weighted by Crippen LogP contribution is -2.20. The monoisotopic (exact) mass is 344 g/mol. The van der Waals surface area contributed by atoms with E-state index in [1.165, 1.54) is 31.4 Å². The lowest BCUT2D eigenvalue weighted by molar-refractivity contribution is -0.385. The van der Waals surface area contributed by atoms with Crippen molar-refractivity contribution < 1.29 is 24.0 Å². The highest BCUT2D eigenvalue weighted by molar-refractivity contribution is 5.93. The number of aryl methyl sites for hydroxylation is 1. The maximum Gasteiger partial charge on any atom is 0.337 e. The minimum Gasteiger partial charge on any atom is -0.477 e. The first-order valence-corrected chi connectivity index (χ1v) is 7.27. The zero-order valence-electron chi connectivity index (χ0n) is 13.6. The maximum absolute atomic E-state index is 11.9. The van der Waals surface area contributed by atoms with Gasteiger partial charge in [0.05, 0.1) is 17.6 Å². The number of nitrogens with one attached hydrogen (secondary N) is 1. The van der Waals surface area contributed by atoms with Crippen LogP contribution in [0, 0.1) is 17.0 Å². The number of ether oxygens (including phenoxy) is 2. The van der Waals surface area contributed by atoms with Crippen molar-refractivity contribution in [2.45, 2.75) is 6.92 Å². The number of rotatable bonds is 6. The van der Waals surface area contributed by atoms with Gasteiger partial charge in [-0.3, -0.25) is 14.9 Å². The molecule has 8 heteroatoms. The van der Waals surface area contributed by atoms with Crippen LogP contribution in [0.2, 0.25) is 0 Å². The highest BCUT2D eigenvalue weighted by atomic mass is 16.6. The fourth-order valence-electron chi connectivity index (χ4n) is 2.04. The number of nitrogens with zero attached hydrogens (tertiary/aromatic N) is 1. The number of benzene rings is 2. The average molecular weight is 344 g/mol. The van der Waals surface area contributed by atoms with E-state index in [0.29, 0.717) is 11.3 Å². The van der Waals surface area contributed by atoms with Gasteiger partial charge in [-0.1, -0.05) is 6.07 Å². The van der Waals surface area contributed by atoms with Crippen molar-refractivity contribution in [1.82, 2.24) is 0 Å². The molecule has 0 fully saturated rings. The fourth-order valence-corrected chi connectivity index (χ4v) is 2.04. The number of carbonyl (C=O) groups excluding carboxylic acids is 2. The molecule has 8 nitrogen and oxygen atoms in total. The van der Waals surface area contributed by atoms with Crippen LogP contribution in [0.5, 0.6) is 5.75 Å². The van der Waals surface area contributed by atoms with Gasteiger partial charge in [0.25, 0.3) is 5.91 Å². The van der Waals surface area contributed by atoms with Gasteiger partial charge in [-0.25, -0.2) is 4.79 Å². The first-order chi connectivity index (χ1) is 11.9. The number of hydrogen-bond acceptors (Lipinski definition) is 6. The van der Waals surface area contributed by atoms with Crippen LogP contribution in [-0.4, -0.2) is 30.5 Å². The van der Waals surface area contributed by atoms with E-state index in [9.17, 15) is 19.7 Å². The predicted molar refractivity (Wildman–Crippen MR) is 89.7 cm³/mol. The molecule has 2 aromatic carbocycles. The molecule has 0 saturated carbocycles. The van der Waals surface area contributed by atoms with Gasteiger partial charge in [0.15, 0.2) is 12.4 Å². The van der Waals surface area contributed by atoms with Crippen molar-refractivity contribution in [3.63, 3.8) is 0 Å². The molecule has 0 atom stereocenters. The van der Waals surface area contributed by atoms with E-state index < -0.39 is 16.8 Å². The van der Waals surface area contributed by atoms with Crippen LogP contribution in [0.3, 0.4) is 0 Å². The Morgan fingerprint density at radius 2 is 1.84 bits per heavy atom. The van der Waals surface area contributed by atoms with Gasteiger partial charge in [-0.2, -0.15) is 0 Å². The highest BCUT2D eigenvalue weighted by Gasteiger charge is 2.16. The number of carbonyl (C=O) groups is 2. The van der Waals surface area contributed by atoms with Crippen molar-refractivity contribution in [3.05, 3.63) is 63.7 Å². The van der Waals surface area contributed by atoms with Crippen LogP contribution >= 0.6 is 0 Å². The van der Waals surface area contributed by atoms with Crippen LogP contribution in [0.15, 0.2) is 42.5 Å². The Morgan fingerprint density at radius 3 is 2.44 bits per heavy atom.